The van der Waals surface area contributed by atoms with E-state index in [1.165, 1.54) is 14.8 Å². The summed E-state index contributed by atoms with van der Waals surface area (Å²) in [5.74, 6) is -1.08. The Morgan fingerprint density at radius 3 is 2.31 bits per heavy atom. The van der Waals surface area contributed by atoms with Crippen molar-refractivity contribution in [2.75, 3.05) is 19.6 Å². The predicted octanol–water partition coefficient (Wildman–Crippen LogP) is 1.90. The van der Waals surface area contributed by atoms with Gasteiger partial charge in [0.25, 0.3) is 17.7 Å². The van der Waals surface area contributed by atoms with Gasteiger partial charge < -0.3 is 5.32 Å². The molecule has 0 aliphatic carbocycles. The number of nitrogens with one attached hydrogen (secondary N) is 1. The Hall–Kier alpha value is -4.01. The van der Waals surface area contributed by atoms with Gasteiger partial charge in [0.2, 0.25) is 0 Å². The zero-order valence-corrected chi connectivity index (χ0v) is 18.0. The molecule has 4 rings (SSSR count). The van der Waals surface area contributed by atoms with E-state index in [0.717, 1.165) is 11.3 Å². The van der Waals surface area contributed by atoms with E-state index in [9.17, 15) is 14.4 Å². The van der Waals surface area contributed by atoms with Gasteiger partial charge in [0.1, 0.15) is 0 Å². The molecule has 0 spiro atoms. The van der Waals surface area contributed by atoms with Crippen LogP contribution in [-0.2, 0) is 4.79 Å². The van der Waals surface area contributed by atoms with Crippen LogP contribution in [-0.4, -0.2) is 62.4 Å². The molecule has 1 aliphatic heterocycles. The van der Waals surface area contributed by atoms with E-state index in [1.54, 1.807) is 19.1 Å². The van der Waals surface area contributed by atoms with E-state index in [1.807, 2.05) is 49.4 Å². The maximum Gasteiger partial charge on any atom is 0.294 e. The van der Waals surface area contributed by atoms with E-state index < -0.39 is 0 Å². The van der Waals surface area contributed by atoms with Crippen molar-refractivity contribution in [3.8, 4) is 5.69 Å². The molecule has 1 fully saturated rings. The van der Waals surface area contributed by atoms with Gasteiger partial charge in [-0.1, -0.05) is 35.9 Å². The van der Waals surface area contributed by atoms with Crippen LogP contribution < -0.4 is 5.32 Å². The Balaban J connectivity index is 1.43. The Morgan fingerprint density at radius 1 is 0.906 bits per heavy atom. The fourth-order valence-electron chi connectivity index (χ4n) is 3.51. The first-order valence-corrected chi connectivity index (χ1v) is 10.4. The number of rotatable bonds is 5. The van der Waals surface area contributed by atoms with Crippen molar-refractivity contribution in [2.24, 2.45) is 0 Å². The fourth-order valence-corrected chi connectivity index (χ4v) is 3.51. The number of aryl methyl sites for hydroxylation is 2. The Labute approximate surface area is 185 Å². The summed E-state index contributed by atoms with van der Waals surface area (Å²) < 4.78 is 0. The van der Waals surface area contributed by atoms with Gasteiger partial charge in [-0.2, -0.15) is 9.90 Å². The van der Waals surface area contributed by atoms with Crippen molar-refractivity contribution in [1.29, 1.82) is 0 Å². The first kappa shape index (κ1) is 21.2. The number of amides is 3. The topological polar surface area (TPSA) is 100 Å². The zero-order valence-electron chi connectivity index (χ0n) is 18.0. The second-order valence-electron chi connectivity index (χ2n) is 7.61. The molecule has 0 saturated carbocycles. The molecule has 0 atom stereocenters. The van der Waals surface area contributed by atoms with Gasteiger partial charge in [-0.25, -0.2) is 10.0 Å². The lowest BCUT2D eigenvalue weighted by Crippen LogP contribution is -2.48. The lowest BCUT2D eigenvalue weighted by molar-refractivity contribution is -0.139. The maximum absolute atomic E-state index is 13.1. The monoisotopic (exact) mass is 432 g/mol. The summed E-state index contributed by atoms with van der Waals surface area (Å²) in [6.45, 7) is 4.24. The number of benzene rings is 2. The van der Waals surface area contributed by atoms with Crippen LogP contribution >= 0.6 is 0 Å². The van der Waals surface area contributed by atoms with Crippen molar-refractivity contribution in [1.82, 2.24) is 30.3 Å². The van der Waals surface area contributed by atoms with Gasteiger partial charge in [-0.15, -0.1) is 5.10 Å². The molecule has 1 saturated heterocycles. The molecule has 1 aromatic heterocycles. The van der Waals surface area contributed by atoms with Crippen LogP contribution in [0.25, 0.3) is 5.69 Å². The third-order valence-electron chi connectivity index (χ3n) is 5.24. The Kier molecular flexibility index (Phi) is 5.98. The van der Waals surface area contributed by atoms with E-state index in [2.05, 4.69) is 15.5 Å². The zero-order chi connectivity index (χ0) is 22.7. The standard InChI is InChI=1S/C23H24N6O3/c1-16-9-11-18(12-10-16)22(31)24-15-20(30)27-13-6-14-28(27)23(32)21-17(2)25-29(26-21)19-7-4-3-5-8-19/h3-5,7-12H,6,13-15H2,1-2H3,(H,24,31). The van der Waals surface area contributed by atoms with Crippen LogP contribution in [0, 0.1) is 13.8 Å². The summed E-state index contributed by atoms with van der Waals surface area (Å²) in [6, 6.07) is 16.4. The second-order valence-corrected chi connectivity index (χ2v) is 7.61. The maximum atomic E-state index is 13.1. The van der Waals surface area contributed by atoms with Crippen molar-refractivity contribution in [3.05, 3.63) is 77.1 Å². The quantitative estimate of drug-likeness (QED) is 0.664. The third kappa shape index (κ3) is 4.36. The molecular formula is C23H24N6O3. The highest BCUT2D eigenvalue weighted by atomic mass is 16.2. The number of hydrogen-bond acceptors (Lipinski definition) is 5. The Bertz CT molecular complexity index is 1140. The second kappa shape index (κ2) is 9.01. The first-order chi connectivity index (χ1) is 15.4. The largest absolute Gasteiger partial charge is 0.343 e. The summed E-state index contributed by atoms with van der Waals surface area (Å²) in [4.78, 5) is 39.6. The number of hydrogen-bond donors (Lipinski definition) is 1. The van der Waals surface area contributed by atoms with E-state index in [-0.39, 0.29) is 30.0 Å². The van der Waals surface area contributed by atoms with E-state index >= 15 is 0 Å². The highest BCUT2D eigenvalue weighted by Gasteiger charge is 2.33. The summed E-state index contributed by atoms with van der Waals surface area (Å²) in [7, 11) is 0. The molecule has 1 aliphatic rings. The first-order valence-electron chi connectivity index (χ1n) is 10.4. The number of aromatic nitrogens is 3. The lowest BCUT2D eigenvalue weighted by Gasteiger charge is -2.27. The smallest absolute Gasteiger partial charge is 0.294 e. The van der Waals surface area contributed by atoms with Crippen molar-refractivity contribution in [2.45, 2.75) is 20.3 Å². The molecule has 3 amide bonds. The summed E-state index contributed by atoms with van der Waals surface area (Å²) >= 11 is 0. The van der Waals surface area contributed by atoms with Crippen LogP contribution in [0.4, 0.5) is 0 Å². The highest BCUT2D eigenvalue weighted by Crippen LogP contribution is 2.17. The van der Waals surface area contributed by atoms with Gasteiger partial charge >= 0.3 is 0 Å². The number of para-hydroxylation sites is 1. The molecule has 0 bridgehead atoms. The molecule has 0 unspecified atom stereocenters. The summed E-state index contributed by atoms with van der Waals surface area (Å²) in [6.07, 6.45) is 0.648. The molecule has 2 heterocycles. The molecular weight excluding hydrogens is 408 g/mol. The SMILES string of the molecule is Cc1ccc(C(=O)NCC(=O)N2CCCN2C(=O)c2nn(-c3ccccc3)nc2C)cc1. The van der Waals surface area contributed by atoms with E-state index in [0.29, 0.717) is 30.8 Å². The average Bonchev–Trinajstić information content (AvgIpc) is 3.45. The fraction of sp³-hybridized carbons (Fsp3) is 0.261. The van der Waals surface area contributed by atoms with Crippen LogP contribution in [0.15, 0.2) is 54.6 Å². The van der Waals surface area contributed by atoms with Crippen molar-refractivity contribution >= 4 is 17.7 Å². The van der Waals surface area contributed by atoms with Crippen LogP contribution in [0.5, 0.6) is 0 Å². The molecule has 2 aromatic carbocycles. The minimum Gasteiger partial charge on any atom is -0.343 e. The van der Waals surface area contributed by atoms with Crippen LogP contribution in [0.1, 0.15) is 38.5 Å². The molecule has 0 radical (unpaired) electrons. The van der Waals surface area contributed by atoms with Gasteiger partial charge in [0.05, 0.1) is 17.9 Å². The number of carbonyl (C=O) groups excluding carboxylic acids is 3. The normalized spacial score (nSPS) is 13.3. The number of nitrogens with zero attached hydrogens (tertiary/aromatic N) is 5. The number of carbonyl (C=O) groups is 3. The van der Waals surface area contributed by atoms with Gasteiger partial charge in [0, 0.05) is 18.7 Å². The predicted molar refractivity (Wildman–Crippen MR) is 117 cm³/mol. The number of hydrazine groups is 1. The minimum absolute atomic E-state index is 0.192. The molecule has 32 heavy (non-hydrogen) atoms. The van der Waals surface area contributed by atoms with E-state index in [4.69, 9.17) is 0 Å². The Morgan fingerprint density at radius 2 is 1.59 bits per heavy atom. The third-order valence-corrected chi connectivity index (χ3v) is 5.24. The van der Waals surface area contributed by atoms with Gasteiger partial charge in [-0.3, -0.25) is 14.4 Å². The van der Waals surface area contributed by atoms with Gasteiger partial charge in [0.15, 0.2) is 5.69 Å². The van der Waals surface area contributed by atoms with Crippen molar-refractivity contribution < 1.29 is 14.4 Å². The van der Waals surface area contributed by atoms with Gasteiger partial charge in [-0.05, 0) is 44.5 Å². The van der Waals surface area contributed by atoms with Crippen LogP contribution in [0.3, 0.4) is 0 Å². The molecule has 164 valence electrons. The summed E-state index contributed by atoms with van der Waals surface area (Å²) in [5, 5.41) is 14.1. The average molecular weight is 432 g/mol. The lowest BCUT2D eigenvalue weighted by atomic mass is 10.1. The molecule has 9 heteroatoms. The molecule has 9 nitrogen and oxygen atoms in total. The molecule has 3 aromatic rings. The van der Waals surface area contributed by atoms with Crippen molar-refractivity contribution in [3.63, 3.8) is 0 Å². The summed E-state index contributed by atoms with van der Waals surface area (Å²) in [5.41, 5.74) is 2.93. The highest BCUT2D eigenvalue weighted by molar-refractivity contribution is 5.98. The molecule has 1 N–H and O–H groups in total. The van der Waals surface area contributed by atoms with Crippen LogP contribution in [0.2, 0.25) is 0 Å². The minimum atomic E-state index is -0.389.